The zero-order valence-corrected chi connectivity index (χ0v) is 16.7. The number of carbonyl (C=O) groups is 1. The van der Waals surface area contributed by atoms with Crippen molar-refractivity contribution in [2.75, 3.05) is 6.61 Å². The van der Waals surface area contributed by atoms with Crippen LogP contribution >= 0.6 is 11.6 Å². The largest absolute Gasteiger partial charge is 0.484 e. The second-order valence-electron chi connectivity index (χ2n) is 6.51. The summed E-state index contributed by atoms with van der Waals surface area (Å²) in [5.41, 5.74) is 2.48. The standard InChI is InChI=1S/C23H18ClN3O3/c24-19-10-4-9-18(12-19)23-26-22(27-30-23)17-8-5-11-20(13-17)29-15-21(28)25-14-16-6-2-1-3-7-16/h1-13H,14-15H2,(H,25,28). The molecule has 6 nitrogen and oxygen atoms in total. The second kappa shape index (κ2) is 9.24. The number of hydrogen-bond donors (Lipinski definition) is 1. The fourth-order valence-electron chi connectivity index (χ4n) is 2.80. The van der Waals surface area contributed by atoms with E-state index in [4.69, 9.17) is 20.9 Å². The summed E-state index contributed by atoms with van der Waals surface area (Å²) in [6.07, 6.45) is 0. The van der Waals surface area contributed by atoms with E-state index >= 15 is 0 Å². The van der Waals surface area contributed by atoms with Crippen molar-refractivity contribution in [3.05, 3.63) is 89.4 Å². The van der Waals surface area contributed by atoms with Crippen molar-refractivity contribution < 1.29 is 14.1 Å². The molecule has 0 atom stereocenters. The lowest BCUT2D eigenvalue weighted by Crippen LogP contribution is -2.28. The summed E-state index contributed by atoms with van der Waals surface area (Å²) in [5.74, 6) is 1.13. The summed E-state index contributed by atoms with van der Waals surface area (Å²) < 4.78 is 11.0. The van der Waals surface area contributed by atoms with Gasteiger partial charge in [-0.2, -0.15) is 4.98 Å². The van der Waals surface area contributed by atoms with Gasteiger partial charge >= 0.3 is 0 Å². The average Bonchev–Trinajstić information content (AvgIpc) is 3.28. The molecule has 1 aromatic heterocycles. The SMILES string of the molecule is O=C(COc1cccc(-c2noc(-c3cccc(Cl)c3)n2)c1)NCc1ccccc1. The van der Waals surface area contributed by atoms with Gasteiger partial charge < -0.3 is 14.6 Å². The van der Waals surface area contributed by atoms with Crippen LogP contribution in [-0.2, 0) is 11.3 Å². The maximum atomic E-state index is 12.0. The molecule has 1 amide bonds. The summed E-state index contributed by atoms with van der Waals surface area (Å²) in [5, 5.41) is 7.45. The Labute approximate surface area is 178 Å². The molecule has 3 aromatic carbocycles. The molecule has 0 spiro atoms. The van der Waals surface area contributed by atoms with Crippen LogP contribution in [-0.4, -0.2) is 22.7 Å². The fraction of sp³-hybridized carbons (Fsp3) is 0.0870. The quantitative estimate of drug-likeness (QED) is 0.467. The van der Waals surface area contributed by atoms with Gasteiger partial charge in [0.2, 0.25) is 5.82 Å². The van der Waals surface area contributed by atoms with Crippen molar-refractivity contribution in [2.45, 2.75) is 6.54 Å². The van der Waals surface area contributed by atoms with Gasteiger partial charge in [-0.3, -0.25) is 4.79 Å². The van der Waals surface area contributed by atoms with Gasteiger partial charge in [0.25, 0.3) is 11.8 Å². The van der Waals surface area contributed by atoms with E-state index in [9.17, 15) is 4.79 Å². The van der Waals surface area contributed by atoms with Crippen LogP contribution < -0.4 is 10.1 Å². The number of halogens is 1. The minimum atomic E-state index is -0.202. The Kier molecular flexibility index (Phi) is 6.06. The Hall–Kier alpha value is -3.64. The van der Waals surface area contributed by atoms with Crippen LogP contribution in [0.1, 0.15) is 5.56 Å². The van der Waals surface area contributed by atoms with Gasteiger partial charge in [0.15, 0.2) is 6.61 Å². The first kappa shape index (κ1) is 19.7. The highest BCUT2D eigenvalue weighted by Crippen LogP contribution is 2.26. The summed E-state index contributed by atoms with van der Waals surface area (Å²) in [7, 11) is 0. The number of benzene rings is 3. The summed E-state index contributed by atoms with van der Waals surface area (Å²) >= 11 is 6.02. The second-order valence-corrected chi connectivity index (χ2v) is 6.95. The third-order valence-electron chi connectivity index (χ3n) is 4.29. The van der Waals surface area contributed by atoms with Gasteiger partial charge in [0, 0.05) is 22.7 Å². The first-order valence-electron chi connectivity index (χ1n) is 9.31. The Morgan fingerprint density at radius 1 is 0.967 bits per heavy atom. The van der Waals surface area contributed by atoms with Gasteiger partial charge in [-0.15, -0.1) is 0 Å². The number of aromatic nitrogens is 2. The molecule has 7 heteroatoms. The maximum absolute atomic E-state index is 12.0. The molecule has 0 aliphatic heterocycles. The molecule has 30 heavy (non-hydrogen) atoms. The van der Waals surface area contributed by atoms with Gasteiger partial charge in [0.1, 0.15) is 5.75 Å². The number of nitrogens with zero attached hydrogens (tertiary/aromatic N) is 2. The van der Waals surface area contributed by atoms with Gasteiger partial charge in [0.05, 0.1) is 0 Å². The van der Waals surface area contributed by atoms with Crippen molar-refractivity contribution in [3.8, 4) is 28.6 Å². The molecule has 0 bridgehead atoms. The monoisotopic (exact) mass is 419 g/mol. The molecule has 1 N–H and O–H groups in total. The van der Waals surface area contributed by atoms with Crippen molar-refractivity contribution >= 4 is 17.5 Å². The molecule has 1 heterocycles. The Balaban J connectivity index is 1.38. The van der Waals surface area contributed by atoms with E-state index in [0.717, 1.165) is 11.1 Å². The van der Waals surface area contributed by atoms with E-state index in [1.165, 1.54) is 0 Å². The normalized spacial score (nSPS) is 10.6. The van der Waals surface area contributed by atoms with Crippen molar-refractivity contribution in [1.29, 1.82) is 0 Å². The third-order valence-corrected chi connectivity index (χ3v) is 4.53. The molecular formula is C23H18ClN3O3. The highest BCUT2D eigenvalue weighted by molar-refractivity contribution is 6.30. The number of carbonyl (C=O) groups excluding carboxylic acids is 1. The number of nitrogens with one attached hydrogen (secondary N) is 1. The first-order chi connectivity index (χ1) is 14.7. The van der Waals surface area contributed by atoms with Crippen LogP contribution in [0.4, 0.5) is 0 Å². The Morgan fingerprint density at radius 3 is 2.60 bits per heavy atom. The molecule has 0 aliphatic carbocycles. The number of ether oxygens (including phenoxy) is 1. The van der Waals surface area contributed by atoms with E-state index in [1.54, 1.807) is 24.3 Å². The van der Waals surface area contributed by atoms with Crippen LogP contribution in [0.25, 0.3) is 22.8 Å². The minimum Gasteiger partial charge on any atom is -0.484 e. The molecule has 0 fully saturated rings. The number of hydrogen-bond acceptors (Lipinski definition) is 5. The van der Waals surface area contributed by atoms with Crippen LogP contribution in [0, 0.1) is 0 Å². The molecule has 0 saturated heterocycles. The van der Waals surface area contributed by atoms with E-state index in [0.29, 0.717) is 34.6 Å². The topological polar surface area (TPSA) is 77.2 Å². The van der Waals surface area contributed by atoms with E-state index in [-0.39, 0.29) is 12.5 Å². The molecule has 0 radical (unpaired) electrons. The predicted molar refractivity (Wildman–Crippen MR) is 114 cm³/mol. The Morgan fingerprint density at radius 2 is 1.77 bits per heavy atom. The zero-order valence-electron chi connectivity index (χ0n) is 15.9. The van der Waals surface area contributed by atoms with Gasteiger partial charge in [-0.25, -0.2) is 0 Å². The number of rotatable bonds is 7. The molecular weight excluding hydrogens is 402 g/mol. The van der Waals surface area contributed by atoms with Crippen LogP contribution in [0.15, 0.2) is 83.4 Å². The fourth-order valence-corrected chi connectivity index (χ4v) is 2.99. The van der Waals surface area contributed by atoms with Crippen molar-refractivity contribution in [1.82, 2.24) is 15.5 Å². The minimum absolute atomic E-state index is 0.0870. The van der Waals surface area contributed by atoms with E-state index in [1.807, 2.05) is 54.6 Å². The lowest BCUT2D eigenvalue weighted by molar-refractivity contribution is -0.123. The summed E-state index contributed by atoms with van der Waals surface area (Å²) in [6, 6.07) is 24.1. The molecule has 150 valence electrons. The lowest BCUT2D eigenvalue weighted by Gasteiger charge is -2.08. The number of amides is 1. The van der Waals surface area contributed by atoms with Crippen molar-refractivity contribution in [3.63, 3.8) is 0 Å². The zero-order chi connectivity index (χ0) is 20.8. The summed E-state index contributed by atoms with van der Waals surface area (Å²) in [6.45, 7) is 0.370. The predicted octanol–water partition coefficient (Wildman–Crippen LogP) is 4.75. The smallest absolute Gasteiger partial charge is 0.258 e. The summed E-state index contributed by atoms with van der Waals surface area (Å²) in [4.78, 5) is 16.5. The molecule has 0 unspecified atom stereocenters. The lowest BCUT2D eigenvalue weighted by atomic mass is 10.2. The van der Waals surface area contributed by atoms with Crippen LogP contribution in [0.5, 0.6) is 5.75 Å². The van der Waals surface area contributed by atoms with Crippen molar-refractivity contribution in [2.24, 2.45) is 0 Å². The molecule has 0 aliphatic rings. The third kappa shape index (κ3) is 5.04. The van der Waals surface area contributed by atoms with Gasteiger partial charge in [-0.05, 0) is 35.9 Å². The molecule has 4 aromatic rings. The average molecular weight is 420 g/mol. The van der Waals surface area contributed by atoms with Gasteiger partial charge in [-0.1, -0.05) is 65.3 Å². The highest BCUT2D eigenvalue weighted by atomic mass is 35.5. The van der Waals surface area contributed by atoms with E-state index < -0.39 is 0 Å². The molecule has 4 rings (SSSR count). The van der Waals surface area contributed by atoms with E-state index in [2.05, 4.69) is 15.5 Å². The molecule has 0 saturated carbocycles. The first-order valence-corrected chi connectivity index (χ1v) is 9.69. The highest BCUT2D eigenvalue weighted by Gasteiger charge is 2.12. The maximum Gasteiger partial charge on any atom is 0.258 e. The Bertz CT molecular complexity index is 1150. The van der Waals surface area contributed by atoms with Crippen LogP contribution in [0.3, 0.4) is 0 Å². The van der Waals surface area contributed by atoms with Crippen LogP contribution in [0.2, 0.25) is 5.02 Å².